The van der Waals surface area contributed by atoms with Crippen molar-refractivity contribution in [3.8, 4) is 5.75 Å². The van der Waals surface area contributed by atoms with Crippen LogP contribution < -0.4 is 14.8 Å². The van der Waals surface area contributed by atoms with Crippen molar-refractivity contribution in [1.82, 2.24) is 0 Å². The molecular weight excluding hydrogens is 356 g/mol. The summed E-state index contributed by atoms with van der Waals surface area (Å²) >= 11 is 3.34. The van der Waals surface area contributed by atoms with Gasteiger partial charge < -0.3 is 10.5 Å². The number of ether oxygens (including phenoxy) is 1. The quantitative estimate of drug-likeness (QED) is 0.785. The average Bonchev–Trinajstić information content (AvgIpc) is 2.57. The van der Waals surface area contributed by atoms with Gasteiger partial charge in [-0.1, -0.05) is 15.9 Å². The number of hydrogen-bond acceptors (Lipinski definition) is 4. The van der Waals surface area contributed by atoms with Gasteiger partial charge in [0.15, 0.2) is 0 Å². The molecule has 2 aromatic carbocycles. The highest BCUT2D eigenvalue weighted by Gasteiger charge is 2.31. The molecule has 1 heterocycles. The Hall–Kier alpha value is -1.73. The normalized spacial score (nSPS) is 16.7. The van der Waals surface area contributed by atoms with Crippen LogP contribution in [0.5, 0.6) is 5.75 Å². The number of anilines is 2. The molecule has 21 heavy (non-hydrogen) atoms. The Labute approximate surface area is 131 Å². The van der Waals surface area contributed by atoms with Crippen LogP contribution >= 0.6 is 15.9 Å². The number of nitrogen functional groups attached to an aromatic ring is 1. The van der Waals surface area contributed by atoms with Crippen LogP contribution in [-0.4, -0.2) is 21.6 Å². The highest BCUT2D eigenvalue weighted by Crippen LogP contribution is 2.34. The number of benzene rings is 2. The smallest absolute Gasteiger partial charge is 0.268 e. The second kappa shape index (κ2) is 5.23. The third-order valence-electron chi connectivity index (χ3n) is 3.20. The number of halogens is 1. The minimum atomic E-state index is -3.69. The average molecular weight is 369 g/mol. The van der Waals surface area contributed by atoms with E-state index in [1.165, 1.54) is 10.4 Å². The first-order valence-corrected chi connectivity index (χ1v) is 8.52. The molecule has 0 fully saturated rings. The molecule has 0 saturated heterocycles. The third-order valence-corrected chi connectivity index (χ3v) is 5.58. The minimum Gasteiger partial charge on any atom is -0.490 e. The molecule has 110 valence electrons. The Morgan fingerprint density at radius 1 is 1.14 bits per heavy atom. The SMILES string of the molecule is Nc1ccc2c(c1)S(=O)(=O)N(c1ccc(Br)cc1)CCO2. The van der Waals surface area contributed by atoms with Crippen molar-refractivity contribution in [3.05, 3.63) is 46.9 Å². The summed E-state index contributed by atoms with van der Waals surface area (Å²) in [4.78, 5) is 0.0999. The van der Waals surface area contributed by atoms with Gasteiger partial charge in [-0.05, 0) is 42.5 Å². The molecular formula is C14H13BrN2O3S. The van der Waals surface area contributed by atoms with E-state index in [0.717, 1.165) is 4.47 Å². The minimum absolute atomic E-state index is 0.0999. The molecule has 0 bridgehead atoms. The van der Waals surface area contributed by atoms with Crippen LogP contribution in [0.4, 0.5) is 11.4 Å². The zero-order valence-electron chi connectivity index (χ0n) is 11.0. The van der Waals surface area contributed by atoms with Gasteiger partial charge in [-0.25, -0.2) is 8.42 Å². The van der Waals surface area contributed by atoms with Gasteiger partial charge in [0.2, 0.25) is 0 Å². The Bertz CT molecular complexity index is 775. The van der Waals surface area contributed by atoms with Crippen molar-refractivity contribution < 1.29 is 13.2 Å². The molecule has 0 unspecified atom stereocenters. The summed E-state index contributed by atoms with van der Waals surface area (Å²) in [5.41, 5.74) is 6.70. The molecule has 0 spiro atoms. The van der Waals surface area contributed by atoms with E-state index in [1.807, 2.05) is 0 Å². The Morgan fingerprint density at radius 3 is 2.57 bits per heavy atom. The highest BCUT2D eigenvalue weighted by atomic mass is 79.9. The Morgan fingerprint density at radius 2 is 1.86 bits per heavy atom. The Kier molecular flexibility index (Phi) is 3.54. The second-order valence-electron chi connectivity index (χ2n) is 4.61. The lowest BCUT2D eigenvalue weighted by Crippen LogP contribution is -2.32. The zero-order valence-corrected chi connectivity index (χ0v) is 13.4. The largest absolute Gasteiger partial charge is 0.490 e. The molecule has 1 aliphatic heterocycles. The number of hydrogen-bond donors (Lipinski definition) is 1. The van der Waals surface area contributed by atoms with Crippen molar-refractivity contribution in [1.29, 1.82) is 0 Å². The lowest BCUT2D eigenvalue weighted by Gasteiger charge is -2.21. The second-order valence-corrected chi connectivity index (χ2v) is 7.35. The molecule has 7 heteroatoms. The molecule has 0 aliphatic carbocycles. The number of nitrogens with zero attached hydrogens (tertiary/aromatic N) is 1. The molecule has 2 aromatic rings. The highest BCUT2D eigenvalue weighted by molar-refractivity contribution is 9.10. The Balaban J connectivity index is 2.13. The van der Waals surface area contributed by atoms with Gasteiger partial charge in [-0.3, -0.25) is 4.31 Å². The van der Waals surface area contributed by atoms with Gasteiger partial charge in [0.05, 0.1) is 12.2 Å². The lowest BCUT2D eigenvalue weighted by molar-refractivity contribution is 0.325. The van der Waals surface area contributed by atoms with Crippen LogP contribution in [-0.2, 0) is 10.0 Å². The molecule has 0 aromatic heterocycles. The van der Waals surface area contributed by atoms with Crippen LogP contribution in [0.15, 0.2) is 51.8 Å². The van der Waals surface area contributed by atoms with E-state index in [2.05, 4.69) is 15.9 Å². The van der Waals surface area contributed by atoms with E-state index in [1.54, 1.807) is 36.4 Å². The van der Waals surface area contributed by atoms with Crippen molar-refractivity contribution in [2.45, 2.75) is 4.90 Å². The number of fused-ring (bicyclic) bond motifs is 1. The van der Waals surface area contributed by atoms with Crippen molar-refractivity contribution >= 4 is 37.3 Å². The van der Waals surface area contributed by atoms with Crippen LogP contribution in [0.25, 0.3) is 0 Å². The first kappa shape index (κ1) is 14.2. The maximum absolute atomic E-state index is 12.8. The first-order chi connectivity index (χ1) is 9.98. The number of rotatable bonds is 1. The monoisotopic (exact) mass is 368 g/mol. The maximum Gasteiger partial charge on any atom is 0.268 e. The fraction of sp³-hybridized carbons (Fsp3) is 0.143. The summed E-state index contributed by atoms with van der Waals surface area (Å²) in [5.74, 6) is 0.337. The van der Waals surface area contributed by atoms with E-state index in [0.29, 0.717) is 17.1 Å². The molecule has 0 saturated carbocycles. The summed E-state index contributed by atoms with van der Waals surface area (Å²) < 4.78 is 33.4. The summed E-state index contributed by atoms with van der Waals surface area (Å²) in [5, 5.41) is 0. The summed E-state index contributed by atoms with van der Waals surface area (Å²) in [6.45, 7) is 0.533. The summed E-state index contributed by atoms with van der Waals surface area (Å²) in [6.07, 6.45) is 0. The van der Waals surface area contributed by atoms with E-state index in [-0.39, 0.29) is 18.0 Å². The summed E-state index contributed by atoms with van der Waals surface area (Å²) in [6, 6.07) is 11.8. The predicted molar refractivity (Wildman–Crippen MR) is 85.0 cm³/mol. The standard InChI is InChI=1S/C14H13BrN2O3S/c15-10-1-4-12(5-2-10)17-7-8-20-13-6-3-11(16)9-14(13)21(17,18)19/h1-6,9H,7-8,16H2. The van der Waals surface area contributed by atoms with Crippen LogP contribution in [0, 0.1) is 0 Å². The van der Waals surface area contributed by atoms with Crippen LogP contribution in [0.2, 0.25) is 0 Å². The number of sulfonamides is 1. The van der Waals surface area contributed by atoms with Gasteiger partial charge in [-0.2, -0.15) is 0 Å². The maximum atomic E-state index is 12.8. The van der Waals surface area contributed by atoms with E-state index >= 15 is 0 Å². The third kappa shape index (κ3) is 2.58. The van der Waals surface area contributed by atoms with Gasteiger partial charge in [0.1, 0.15) is 17.3 Å². The van der Waals surface area contributed by atoms with Crippen LogP contribution in [0.3, 0.4) is 0 Å². The van der Waals surface area contributed by atoms with Crippen molar-refractivity contribution in [3.63, 3.8) is 0 Å². The van der Waals surface area contributed by atoms with Crippen molar-refractivity contribution in [2.24, 2.45) is 0 Å². The van der Waals surface area contributed by atoms with Gasteiger partial charge >= 0.3 is 0 Å². The van der Waals surface area contributed by atoms with E-state index < -0.39 is 10.0 Å². The van der Waals surface area contributed by atoms with Crippen molar-refractivity contribution in [2.75, 3.05) is 23.2 Å². The molecule has 0 atom stereocenters. The number of nitrogens with two attached hydrogens (primary N) is 1. The van der Waals surface area contributed by atoms with E-state index in [4.69, 9.17) is 10.5 Å². The first-order valence-electron chi connectivity index (χ1n) is 6.29. The van der Waals surface area contributed by atoms with Gasteiger partial charge in [0.25, 0.3) is 10.0 Å². The fourth-order valence-corrected chi connectivity index (χ4v) is 4.08. The molecule has 5 nitrogen and oxygen atoms in total. The molecule has 2 N–H and O–H groups in total. The van der Waals surface area contributed by atoms with E-state index in [9.17, 15) is 8.42 Å². The lowest BCUT2D eigenvalue weighted by atomic mass is 10.3. The zero-order chi connectivity index (χ0) is 15.0. The van der Waals surface area contributed by atoms with Gasteiger partial charge in [-0.15, -0.1) is 0 Å². The molecule has 0 amide bonds. The topological polar surface area (TPSA) is 72.6 Å². The van der Waals surface area contributed by atoms with Crippen LogP contribution in [0.1, 0.15) is 0 Å². The molecule has 1 aliphatic rings. The fourth-order valence-electron chi connectivity index (χ4n) is 2.20. The molecule has 3 rings (SSSR count). The summed E-state index contributed by atoms with van der Waals surface area (Å²) in [7, 11) is -3.69. The van der Waals surface area contributed by atoms with Gasteiger partial charge in [0, 0.05) is 10.2 Å². The molecule has 0 radical (unpaired) electrons. The predicted octanol–water partition coefficient (Wildman–Crippen LogP) is 2.62.